The summed E-state index contributed by atoms with van der Waals surface area (Å²) in [7, 11) is 0. The summed E-state index contributed by atoms with van der Waals surface area (Å²) in [6, 6.07) is 0. The minimum atomic E-state index is 1.25. The van der Waals surface area contributed by atoms with Gasteiger partial charge in [-0.3, -0.25) is 0 Å². The molecule has 0 aliphatic carbocycles. The summed E-state index contributed by atoms with van der Waals surface area (Å²) in [5.41, 5.74) is 2.58. The first-order chi connectivity index (χ1) is 6.16. The Bertz CT molecular complexity index is 143. The van der Waals surface area contributed by atoms with Gasteiger partial charge in [-0.1, -0.05) is 63.6 Å². The van der Waals surface area contributed by atoms with Gasteiger partial charge in [0.2, 0.25) is 0 Å². The van der Waals surface area contributed by atoms with E-state index >= 15 is 0 Å². The highest BCUT2D eigenvalue weighted by Gasteiger charge is 1.78. The molecule has 0 fully saturated rings. The first-order valence-corrected chi connectivity index (χ1v) is 5.11. The molecular weight excluding hydrogens is 156 g/mol. The zero-order chi connectivity index (χ0) is 11.3. The van der Waals surface area contributed by atoms with Crippen molar-refractivity contribution in [2.45, 2.75) is 48.5 Å². The van der Waals surface area contributed by atoms with Crippen LogP contribution >= 0.6 is 0 Å². The Kier molecular flexibility index (Phi) is 24.1. The zero-order valence-corrected chi connectivity index (χ0v) is 10.4. The van der Waals surface area contributed by atoms with Gasteiger partial charge in [0.1, 0.15) is 0 Å². The third kappa shape index (κ3) is 24.7. The Morgan fingerprint density at radius 1 is 0.923 bits per heavy atom. The third-order valence-electron chi connectivity index (χ3n) is 0.897. The van der Waals surface area contributed by atoms with E-state index in [9.17, 15) is 0 Å². The van der Waals surface area contributed by atoms with Crippen LogP contribution in [0.5, 0.6) is 0 Å². The van der Waals surface area contributed by atoms with Gasteiger partial charge in [0, 0.05) is 0 Å². The highest BCUT2D eigenvalue weighted by Crippen LogP contribution is 1.99. The molecule has 0 heteroatoms. The van der Waals surface area contributed by atoms with E-state index in [-0.39, 0.29) is 0 Å². The maximum atomic E-state index is 3.60. The molecule has 0 saturated heterocycles. The topological polar surface area (TPSA) is 0 Å². The second-order valence-corrected chi connectivity index (χ2v) is 2.37. The van der Waals surface area contributed by atoms with Crippen LogP contribution in [0.4, 0.5) is 0 Å². The fourth-order valence-electron chi connectivity index (χ4n) is 0.689. The predicted molar refractivity (Wildman–Crippen MR) is 66.1 cm³/mol. The van der Waals surface area contributed by atoms with Crippen molar-refractivity contribution in [3.8, 4) is 0 Å². The van der Waals surface area contributed by atoms with Crippen LogP contribution in [0.15, 0.2) is 36.0 Å². The summed E-state index contributed by atoms with van der Waals surface area (Å²) in [5.74, 6) is 0. The maximum Gasteiger partial charge on any atom is -0.0398 e. The first kappa shape index (κ1) is 18.1. The molecule has 78 valence electrons. The SMILES string of the molecule is C=C/C=C(/C)C=C(C)C.CC.CC. The monoisotopic (exact) mass is 182 g/mol. The molecule has 0 amide bonds. The Hall–Kier alpha value is -0.780. The number of hydrogen-bond donors (Lipinski definition) is 0. The Labute approximate surface area is 85.1 Å². The Balaban J connectivity index is -0.000000218. The highest BCUT2D eigenvalue weighted by atomic mass is 13.8. The van der Waals surface area contributed by atoms with Crippen molar-refractivity contribution < 1.29 is 0 Å². The molecule has 0 rings (SSSR count). The average Bonchev–Trinajstić information content (AvgIpc) is 2.10. The van der Waals surface area contributed by atoms with Crippen LogP contribution in [-0.2, 0) is 0 Å². The summed E-state index contributed by atoms with van der Waals surface area (Å²) >= 11 is 0. The van der Waals surface area contributed by atoms with E-state index in [1.165, 1.54) is 11.1 Å². The molecule has 0 aliphatic rings. The summed E-state index contributed by atoms with van der Waals surface area (Å²) in [5, 5.41) is 0. The van der Waals surface area contributed by atoms with Gasteiger partial charge in [0.15, 0.2) is 0 Å². The summed E-state index contributed by atoms with van der Waals surface area (Å²) < 4.78 is 0. The fraction of sp³-hybridized carbons (Fsp3) is 0.538. The zero-order valence-electron chi connectivity index (χ0n) is 10.4. The molecule has 0 heterocycles. The van der Waals surface area contributed by atoms with E-state index < -0.39 is 0 Å². The van der Waals surface area contributed by atoms with Gasteiger partial charge in [-0.15, -0.1) is 0 Å². The van der Waals surface area contributed by atoms with Crippen molar-refractivity contribution in [1.29, 1.82) is 0 Å². The van der Waals surface area contributed by atoms with E-state index in [0.717, 1.165) is 0 Å². The first-order valence-electron chi connectivity index (χ1n) is 5.11. The van der Waals surface area contributed by atoms with Crippen molar-refractivity contribution in [2.75, 3.05) is 0 Å². The minimum Gasteiger partial charge on any atom is -0.0991 e. The van der Waals surface area contributed by atoms with Gasteiger partial charge >= 0.3 is 0 Å². The molecule has 0 atom stereocenters. The largest absolute Gasteiger partial charge is 0.0991 e. The second kappa shape index (κ2) is 17.3. The van der Waals surface area contributed by atoms with Crippen LogP contribution in [0.25, 0.3) is 0 Å². The summed E-state index contributed by atoms with van der Waals surface area (Å²) in [6.07, 6.45) is 5.92. The lowest BCUT2D eigenvalue weighted by Crippen LogP contribution is -1.68. The Morgan fingerprint density at radius 3 is 1.54 bits per heavy atom. The lowest BCUT2D eigenvalue weighted by Gasteiger charge is -1.89. The smallest absolute Gasteiger partial charge is 0.0398 e. The van der Waals surface area contributed by atoms with E-state index in [4.69, 9.17) is 0 Å². The van der Waals surface area contributed by atoms with Gasteiger partial charge in [0.05, 0.1) is 0 Å². The third-order valence-corrected chi connectivity index (χ3v) is 0.897. The van der Waals surface area contributed by atoms with Crippen LogP contribution in [0, 0.1) is 0 Å². The number of rotatable bonds is 2. The van der Waals surface area contributed by atoms with Crippen LogP contribution in [0.1, 0.15) is 48.5 Å². The summed E-state index contributed by atoms with van der Waals surface area (Å²) in [6.45, 7) is 17.8. The van der Waals surface area contributed by atoms with Crippen molar-refractivity contribution in [1.82, 2.24) is 0 Å². The van der Waals surface area contributed by atoms with E-state index in [1.54, 1.807) is 6.08 Å². The molecule has 0 nitrogen and oxygen atoms in total. The lowest BCUT2D eigenvalue weighted by molar-refractivity contribution is 1.35. The molecule has 0 spiro atoms. The normalized spacial score (nSPS) is 8.38. The van der Waals surface area contributed by atoms with Crippen molar-refractivity contribution in [3.05, 3.63) is 36.0 Å². The number of hydrogen-bond acceptors (Lipinski definition) is 0. The molecule has 0 aromatic heterocycles. The molecule has 0 aromatic rings. The molecule has 0 unspecified atom stereocenters. The van der Waals surface area contributed by atoms with Gasteiger partial charge in [0.25, 0.3) is 0 Å². The molecule has 13 heavy (non-hydrogen) atoms. The number of allylic oxidation sites excluding steroid dienone is 5. The Morgan fingerprint density at radius 2 is 1.31 bits per heavy atom. The van der Waals surface area contributed by atoms with Crippen molar-refractivity contribution >= 4 is 0 Å². The van der Waals surface area contributed by atoms with Gasteiger partial charge in [-0.25, -0.2) is 0 Å². The average molecular weight is 182 g/mol. The van der Waals surface area contributed by atoms with Crippen molar-refractivity contribution in [3.63, 3.8) is 0 Å². The minimum absolute atomic E-state index is 1.25. The second-order valence-electron chi connectivity index (χ2n) is 2.37. The molecule has 0 radical (unpaired) electrons. The molecule has 0 aromatic carbocycles. The molecular formula is C13H26. The highest BCUT2D eigenvalue weighted by molar-refractivity contribution is 5.22. The van der Waals surface area contributed by atoms with Crippen LogP contribution < -0.4 is 0 Å². The predicted octanol–water partition coefficient (Wildman–Crippen LogP) is 5.14. The standard InChI is InChI=1S/C9H14.2C2H6/c1-5-6-9(4)7-8(2)3;2*1-2/h5-7H,1H2,2-4H3;2*1-2H3/b9-6-;;. The molecule has 0 saturated carbocycles. The van der Waals surface area contributed by atoms with E-state index in [2.05, 4.69) is 33.4 Å². The van der Waals surface area contributed by atoms with Gasteiger partial charge < -0.3 is 0 Å². The fourth-order valence-corrected chi connectivity index (χ4v) is 0.689. The summed E-state index contributed by atoms with van der Waals surface area (Å²) in [4.78, 5) is 0. The van der Waals surface area contributed by atoms with E-state index in [0.29, 0.717) is 0 Å². The molecule has 0 N–H and O–H groups in total. The molecule has 0 bridgehead atoms. The van der Waals surface area contributed by atoms with Crippen molar-refractivity contribution in [2.24, 2.45) is 0 Å². The van der Waals surface area contributed by atoms with Gasteiger partial charge in [-0.05, 0) is 20.8 Å². The maximum absolute atomic E-state index is 3.60. The van der Waals surface area contributed by atoms with Crippen LogP contribution in [0.3, 0.4) is 0 Å². The molecule has 0 aliphatic heterocycles. The lowest BCUT2D eigenvalue weighted by atomic mass is 10.2. The van der Waals surface area contributed by atoms with Gasteiger partial charge in [-0.2, -0.15) is 0 Å². The van der Waals surface area contributed by atoms with E-state index in [1.807, 2.05) is 33.8 Å². The van der Waals surface area contributed by atoms with Crippen LogP contribution in [0.2, 0.25) is 0 Å². The quantitative estimate of drug-likeness (QED) is 0.519. The van der Waals surface area contributed by atoms with Crippen LogP contribution in [-0.4, -0.2) is 0 Å².